The van der Waals surface area contributed by atoms with E-state index in [1.165, 1.54) is 0 Å². The van der Waals surface area contributed by atoms with Gasteiger partial charge in [0.15, 0.2) is 0 Å². The molecular formula is C12H25NO5. The first-order chi connectivity index (χ1) is 8.72. The van der Waals surface area contributed by atoms with E-state index in [0.29, 0.717) is 46.0 Å². The number of methoxy groups -OCH3 is 1. The fourth-order valence-corrected chi connectivity index (χ4v) is 1.39. The van der Waals surface area contributed by atoms with E-state index in [-0.39, 0.29) is 0 Å². The summed E-state index contributed by atoms with van der Waals surface area (Å²) in [6, 6.07) is -0.530. The number of aliphatic carboxylic acids is 1. The molecule has 0 aromatic carbocycles. The maximum absolute atomic E-state index is 10.8. The SMILES string of the molecule is CCNC(CCOCCOCCCOC)C(=O)O. The van der Waals surface area contributed by atoms with Gasteiger partial charge < -0.3 is 24.6 Å². The summed E-state index contributed by atoms with van der Waals surface area (Å²) in [6.07, 6.45) is 1.34. The molecule has 0 saturated heterocycles. The van der Waals surface area contributed by atoms with Gasteiger partial charge in [0.2, 0.25) is 0 Å². The van der Waals surface area contributed by atoms with Gasteiger partial charge in [0.05, 0.1) is 13.2 Å². The largest absolute Gasteiger partial charge is 0.480 e. The molecule has 1 atom stereocenters. The maximum atomic E-state index is 10.8. The van der Waals surface area contributed by atoms with E-state index in [9.17, 15) is 4.79 Å². The minimum atomic E-state index is -0.837. The molecule has 0 aliphatic rings. The molecule has 0 aliphatic carbocycles. The van der Waals surface area contributed by atoms with Gasteiger partial charge in [-0.25, -0.2) is 0 Å². The molecule has 0 radical (unpaired) electrons. The number of hydrogen-bond donors (Lipinski definition) is 2. The van der Waals surface area contributed by atoms with Crippen molar-refractivity contribution >= 4 is 5.97 Å². The fourth-order valence-electron chi connectivity index (χ4n) is 1.39. The van der Waals surface area contributed by atoms with Crippen LogP contribution in [0.5, 0.6) is 0 Å². The Balaban J connectivity index is 3.30. The number of rotatable bonds is 13. The molecule has 0 fully saturated rings. The Labute approximate surface area is 109 Å². The molecule has 0 aromatic heterocycles. The second-order valence-electron chi connectivity index (χ2n) is 3.81. The van der Waals surface area contributed by atoms with Gasteiger partial charge in [-0.3, -0.25) is 4.79 Å². The van der Waals surface area contributed by atoms with Crippen molar-refractivity contribution in [1.29, 1.82) is 0 Å². The third-order valence-electron chi connectivity index (χ3n) is 2.31. The molecule has 0 aromatic rings. The zero-order chi connectivity index (χ0) is 13.6. The zero-order valence-corrected chi connectivity index (χ0v) is 11.3. The van der Waals surface area contributed by atoms with E-state index in [0.717, 1.165) is 6.42 Å². The highest BCUT2D eigenvalue weighted by Gasteiger charge is 2.14. The summed E-state index contributed by atoms with van der Waals surface area (Å²) in [5.74, 6) is -0.837. The number of ether oxygens (including phenoxy) is 3. The van der Waals surface area contributed by atoms with Crippen LogP contribution in [0.4, 0.5) is 0 Å². The summed E-state index contributed by atoms with van der Waals surface area (Å²) >= 11 is 0. The molecule has 0 amide bonds. The van der Waals surface area contributed by atoms with Crippen LogP contribution in [0.1, 0.15) is 19.8 Å². The van der Waals surface area contributed by atoms with Crippen LogP contribution in [-0.2, 0) is 19.0 Å². The van der Waals surface area contributed by atoms with Crippen molar-refractivity contribution in [2.45, 2.75) is 25.8 Å². The van der Waals surface area contributed by atoms with Crippen LogP contribution in [0.3, 0.4) is 0 Å². The minimum absolute atomic E-state index is 0.422. The van der Waals surface area contributed by atoms with Gasteiger partial charge in [-0.1, -0.05) is 6.92 Å². The summed E-state index contributed by atoms with van der Waals surface area (Å²) in [5.41, 5.74) is 0. The van der Waals surface area contributed by atoms with Gasteiger partial charge in [-0.05, 0) is 19.4 Å². The quantitative estimate of drug-likeness (QED) is 0.471. The van der Waals surface area contributed by atoms with Crippen LogP contribution in [0.15, 0.2) is 0 Å². The highest BCUT2D eigenvalue weighted by molar-refractivity contribution is 5.73. The Morgan fingerprint density at radius 3 is 2.39 bits per heavy atom. The van der Waals surface area contributed by atoms with E-state index in [1.807, 2.05) is 6.92 Å². The first-order valence-corrected chi connectivity index (χ1v) is 6.33. The molecule has 6 nitrogen and oxygen atoms in total. The second-order valence-corrected chi connectivity index (χ2v) is 3.81. The van der Waals surface area contributed by atoms with E-state index < -0.39 is 12.0 Å². The van der Waals surface area contributed by atoms with Crippen molar-refractivity contribution in [2.75, 3.05) is 46.7 Å². The van der Waals surface area contributed by atoms with E-state index in [2.05, 4.69) is 5.32 Å². The Bertz CT molecular complexity index is 201. The summed E-state index contributed by atoms with van der Waals surface area (Å²) < 4.78 is 15.5. The van der Waals surface area contributed by atoms with Crippen molar-refractivity contribution in [3.8, 4) is 0 Å². The van der Waals surface area contributed by atoms with Crippen LogP contribution >= 0.6 is 0 Å². The third-order valence-corrected chi connectivity index (χ3v) is 2.31. The standard InChI is InChI=1S/C12H25NO5/c1-3-13-11(12(14)15)5-8-18-10-9-17-7-4-6-16-2/h11,13H,3-10H2,1-2H3,(H,14,15). The average molecular weight is 263 g/mol. The number of nitrogens with one attached hydrogen (secondary N) is 1. The van der Waals surface area contributed by atoms with Crippen LogP contribution in [0.25, 0.3) is 0 Å². The third kappa shape index (κ3) is 10.5. The molecule has 0 heterocycles. The van der Waals surface area contributed by atoms with Gasteiger partial charge in [-0.15, -0.1) is 0 Å². The smallest absolute Gasteiger partial charge is 0.320 e. The van der Waals surface area contributed by atoms with Crippen molar-refractivity contribution < 1.29 is 24.1 Å². The maximum Gasteiger partial charge on any atom is 0.320 e. The topological polar surface area (TPSA) is 77.0 Å². The van der Waals surface area contributed by atoms with E-state index >= 15 is 0 Å². The summed E-state index contributed by atoms with van der Waals surface area (Å²) in [7, 11) is 1.66. The highest BCUT2D eigenvalue weighted by atomic mass is 16.5. The van der Waals surface area contributed by atoms with Crippen LogP contribution < -0.4 is 5.32 Å². The lowest BCUT2D eigenvalue weighted by molar-refractivity contribution is -0.140. The molecule has 6 heteroatoms. The highest BCUT2D eigenvalue weighted by Crippen LogP contribution is 1.94. The minimum Gasteiger partial charge on any atom is -0.480 e. The first-order valence-electron chi connectivity index (χ1n) is 6.33. The summed E-state index contributed by atoms with van der Waals surface area (Å²) in [5, 5.41) is 11.8. The summed E-state index contributed by atoms with van der Waals surface area (Å²) in [6.45, 7) is 5.32. The Hall–Kier alpha value is -0.690. The van der Waals surface area contributed by atoms with Crippen molar-refractivity contribution in [3.05, 3.63) is 0 Å². The Morgan fingerprint density at radius 2 is 1.83 bits per heavy atom. The molecule has 0 rings (SSSR count). The normalized spacial score (nSPS) is 12.6. The molecule has 18 heavy (non-hydrogen) atoms. The molecular weight excluding hydrogens is 238 g/mol. The molecule has 1 unspecified atom stereocenters. The second kappa shape index (κ2) is 12.8. The van der Waals surface area contributed by atoms with Crippen LogP contribution in [0, 0.1) is 0 Å². The zero-order valence-electron chi connectivity index (χ0n) is 11.3. The van der Waals surface area contributed by atoms with Crippen molar-refractivity contribution in [1.82, 2.24) is 5.32 Å². The number of carboxylic acids is 1. The van der Waals surface area contributed by atoms with Crippen molar-refractivity contribution in [3.63, 3.8) is 0 Å². The van der Waals surface area contributed by atoms with Gasteiger partial charge in [-0.2, -0.15) is 0 Å². The Kier molecular flexibility index (Phi) is 12.3. The number of hydrogen-bond acceptors (Lipinski definition) is 5. The lowest BCUT2D eigenvalue weighted by Crippen LogP contribution is -2.37. The predicted octanol–water partition coefficient (Wildman–Crippen LogP) is 0.509. The van der Waals surface area contributed by atoms with Crippen molar-refractivity contribution in [2.24, 2.45) is 0 Å². The number of carbonyl (C=O) groups is 1. The number of likely N-dealkylation sites (N-methyl/N-ethyl adjacent to an activating group) is 1. The first kappa shape index (κ1) is 17.3. The lowest BCUT2D eigenvalue weighted by Gasteiger charge is -2.13. The predicted molar refractivity (Wildman–Crippen MR) is 67.8 cm³/mol. The molecule has 0 saturated carbocycles. The fraction of sp³-hybridized carbons (Fsp3) is 0.917. The monoisotopic (exact) mass is 263 g/mol. The van der Waals surface area contributed by atoms with Crippen LogP contribution in [0.2, 0.25) is 0 Å². The molecule has 0 aliphatic heterocycles. The molecule has 2 N–H and O–H groups in total. The Morgan fingerprint density at radius 1 is 1.17 bits per heavy atom. The van der Waals surface area contributed by atoms with Crippen LogP contribution in [-0.4, -0.2) is 63.8 Å². The van der Waals surface area contributed by atoms with Gasteiger partial charge in [0, 0.05) is 26.9 Å². The van der Waals surface area contributed by atoms with Gasteiger partial charge in [0.25, 0.3) is 0 Å². The van der Waals surface area contributed by atoms with Gasteiger partial charge in [0.1, 0.15) is 6.04 Å². The molecule has 108 valence electrons. The average Bonchev–Trinajstić information content (AvgIpc) is 2.35. The van der Waals surface area contributed by atoms with E-state index in [4.69, 9.17) is 19.3 Å². The number of carboxylic acid groups (broad SMARTS) is 1. The molecule has 0 spiro atoms. The lowest BCUT2D eigenvalue weighted by atomic mass is 10.2. The van der Waals surface area contributed by atoms with Gasteiger partial charge >= 0.3 is 5.97 Å². The molecule has 0 bridgehead atoms. The summed E-state index contributed by atoms with van der Waals surface area (Å²) in [4.78, 5) is 10.8. The van der Waals surface area contributed by atoms with E-state index in [1.54, 1.807) is 7.11 Å².